The number of Topliss-reactive ketones (excluding diaryl/α,β-unsaturated/α-hetero) is 2. The maximum atomic E-state index is 13.4. The highest BCUT2D eigenvalue weighted by molar-refractivity contribution is 6.42. The first-order valence-corrected chi connectivity index (χ1v) is 10.7. The Balaban J connectivity index is 1.20. The predicted octanol–water partition coefficient (Wildman–Crippen LogP) is 5.52. The summed E-state index contributed by atoms with van der Waals surface area (Å²) in [7, 11) is 0. The lowest BCUT2D eigenvalue weighted by Gasteiger charge is -2.71. The molecule has 0 atom stereocenters. The molecule has 8 heteroatoms. The highest BCUT2D eigenvalue weighted by Crippen LogP contribution is 2.68. The number of hydrogen-bond donors (Lipinski definition) is 1. The molecule has 2 aromatic rings. The fourth-order valence-corrected chi connectivity index (χ4v) is 5.03. The Labute approximate surface area is 188 Å². The maximum absolute atomic E-state index is 13.4. The van der Waals surface area contributed by atoms with Gasteiger partial charge in [-0.05, 0) is 55.0 Å². The number of benzene rings is 2. The summed E-state index contributed by atoms with van der Waals surface area (Å²) in [5.41, 5.74) is 0.446. The van der Waals surface area contributed by atoms with Gasteiger partial charge in [-0.1, -0.05) is 34.8 Å². The fraction of sp³-hybridized carbons (Fsp3) is 0.364. The number of carbonyl (C=O) groups is 2. The van der Waals surface area contributed by atoms with Crippen molar-refractivity contribution in [3.8, 4) is 5.75 Å². The van der Waals surface area contributed by atoms with Crippen LogP contribution in [0.5, 0.6) is 5.75 Å². The van der Waals surface area contributed by atoms with Crippen molar-refractivity contribution in [2.24, 2.45) is 5.41 Å². The fourth-order valence-electron chi connectivity index (χ4n) is 4.61. The van der Waals surface area contributed by atoms with Gasteiger partial charge in [0, 0.05) is 23.6 Å². The van der Waals surface area contributed by atoms with E-state index in [9.17, 15) is 14.0 Å². The van der Waals surface area contributed by atoms with Crippen molar-refractivity contribution in [2.45, 2.75) is 31.2 Å². The van der Waals surface area contributed by atoms with Crippen LogP contribution in [0.15, 0.2) is 36.4 Å². The molecule has 3 fully saturated rings. The zero-order valence-corrected chi connectivity index (χ0v) is 18.2. The van der Waals surface area contributed by atoms with E-state index in [1.54, 1.807) is 18.2 Å². The van der Waals surface area contributed by atoms with Crippen LogP contribution in [-0.2, 0) is 4.79 Å². The van der Waals surface area contributed by atoms with Crippen molar-refractivity contribution in [1.29, 1.82) is 0 Å². The molecule has 3 saturated carbocycles. The number of nitrogens with one attached hydrogen (secondary N) is 1. The monoisotopic (exact) mass is 469 g/mol. The lowest BCUT2D eigenvalue weighted by atomic mass is 9.38. The van der Waals surface area contributed by atoms with Crippen molar-refractivity contribution in [2.75, 3.05) is 13.2 Å². The summed E-state index contributed by atoms with van der Waals surface area (Å²) >= 11 is 17.5. The average Bonchev–Trinajstić information content (AvgIpc) is 2.65. The van der Waals surface area contributed by atoms with Crippen molar-refractivity contribution < 1.29 is 18.7 Å². The van der Waals surface area contributed by atoms with Crippen molar-refractivity contribution in [1.82, 2.24) is 5.32 Å². The van der Waals surface area contributed by atoms with Gasteiger partial charge in [0.2, 0.25) is 0 Å². The molecule has 0 unspecified atom stereocenters. The summed E-state index contributed by atoms with van der Waals surface area (Å²) in [6, 6.07) is 8.94. The highest BCUT2D eigenvalue weighted by atomic mass is 35.5. The molecule has 1 N–H and O–H groups in total. The molecule has 2 bridgehead atoms. The second-order valence-corrected chi connectivity index (χ2v) is 9.52. The van der Waals surface area contributed by atoms with Crippen LogP contribution in [0.3, 0.4) is 0 Å². The predicted molar refractivity (Wildman–Crippen MR) is 114 cm³/mol. The van der Waals surface area contributed by atoms with Crippen LogP contribution in [0.2, 0.25) is 15.1 Å². The van der Waals surface area contributed by atoms with Crippen molar-refractivity contribution >= 4 is 46.4 Å². The first kappa shape index (κ1) is 21.6. The minimum Gasteiger partial charge on any atom is -0.486 e. The average molecular weight is 471 g/mol. The molecule has 0 saturated heterocycles. The van der Waals surface area contributed by atoms with Gasteiger partial charge in [-0.3, -0.25) is 9.59 Å². The Morgan fingerprint density at radius 1 is 1.00 bits per heavy atom. The van der Waals surface area contributed by atoms with Gasteiger partial charge in [-0.2, -0.15) is 0 Å². The van der Waals surface area contributed by atoms with E-state index >= 15 is 0 Å². The smallest absolute Gasteiger partial charge is 0.176 e. The third kappa shape index (κ3) is 4.35. The van der Waals surface area contributed by atoms with Gasteiger partial charge >= 0.3 is 0 Å². The topological polar surface area (TPSA) is 55.4 Å². The Hall–Kier alpha value is -1.66. The van der Waals surface area contributed by atoms with E-state index in [4.69, 9.17) is 39.5 Å². The largest absolute Gasteiger partial charge is 0.486 e. The molecule has 3 aliphatic carbocycles. The Morgan fingerprint density at radius 2 is 1.70 bits per heavy atom. The SMILES string of the molecule is O=C(COc1ccc(Cl)c(F)c1)CC12CC(NCC(=O)c3ccc(Cl)c(Cl)c3)(C1)C2. The first-order valence-electron chi connectivity index (χ1n) is 9.52. The molecule has 2 aromatic carbocycles. The summed E-state index contributed by atoms with van der Waals surface area (Å²) in [5.74, 6) is -0.371. The molecular weight excluding hydrogens is 452 g/mol. The Bertz CT molecular complexity index is 1010. The third-order valence-corrected chi connectivity index (χ3v) is 6.91. The molecule has 0 amide bonds. The summed E-state index contributed by atoms with van der Waals surface area (Å²) < 4.78 is 18.8. The van der Waals surface area contributed by atoms with Gasteiger partial charge in [-0.25, -0.2) is 4.39 Å². The molecule has 4 nitrogen and oxygen atoms in total. The van der Waals surface area contributed by atoms with Gasteiger partial charge in [0.05, 0.1) is 21.6 Å². The summed E-state index contributed by atoms with van der Waals surface area (Å²) in [6.45, 7) is 0.117. The third-order valence-electron chi connectivity index (χ3n) is 5.87. The van der Waals surface area contributed by atoms with Gasteiger partial charge in [0.15, 0.2) is 11.6 Å². The number of ether oxygens (including phenoxy) is 1. The van der Waals surface area contributed by atoms with E-state index in [-0.39, 0.29) is 46.4 Å². The molecule has 0 aliphatic heterocycles. The van der Waals surface area contributed by atoms with Crippen LogP contribution in [0.1, 0.15) is 36.0 Å². The lowest BCUT2D eigenvalue weighted by Crippen LogP contribution is -2.74. The van der Waals surface area contributed by atoms with E-state index in [2.05, 4.69) is 5.32 Å². The Kier molecular flexibility index (Phi) is 5.84. The van der Waals surface area contributed by atoms with Crippen molar-refractivity contribution in [3.05, 3.63) is 62.8 Å². The standard InChI is InChI=1S/C22H19Cl3FNO3/c23-16-3-1-13(5-18(16)25)20(29)8-27-22-10-21(11-22,12-22)7-14(28)9-30-15-2-4-17(24)19(26)6-15/h1-6,27H,7-12H2. The summed E-state index contributed by atoms with van der Waals surface area (Å²) in [4.78, 5) is 24.6. The van der Waals surface area contributed by atoms with E-state index in [1.165, 1.54) is 18.2 Å². The lowest BCUT2D eigenvalue weighted by molar-refractivity contribution is -0.166. The maximum Gasteiger partial charge on any atom is 0.176 e. The second-order valence-electron chi connectivity index (χ2n) is 8.30. The number of rotatable bonds is 9. The number of hydrogen-bond acceptors (Lipinski definition) is 4. The van der Waals surface area contributed by atoms with Crippen LogP contribution in [-0.4, -0.2) is 30.3 Å². The van der Waals surface area contributed by atoms with Crippen molar-refractivity contribution in [3.63, 3.8) is 0 Å². The molecular formula is C22H19Cl3FNO3. The van der Waals surface area contributed by atoms with Gasteiger partial charge in [0.25, 0.3) is 0 Å². The molecule has 0 aromatic heterocycles. The second kappa shape index (κ2) is 8.12. The Morgan fingerprint density at radius 3 is 2.37 bits per heavy atom. The van der Waals surface area contributed by atoms with Crippen LogP contribution in [0.25, 0.3) is 0 Å². The minimum atomic E-state index is -0.579. The van der Waals surface area contributed by atoms with Crippen LogP contribution in [0.4, 0.5) is 4.39 Å². The molecule has 158 valence electrons. The quantitative estimate of drug-likeness (QED) is 0.490. The summed E-state index contributed by atoms with van der Waals surface area (Å²) in [5, 5.41) is 4.12. The van der Waals surface area contributed by atoms with Crippen LogP contribution in [0, 0.1) is 11.2 Å². The zero-order chi connectivity index (χ0) is 21.5. The number of halogens is 4. The number of ketones is 2. The van der Waals surface area contributed by atoms with Gasteiger partial charge < -0.3 is 10.1 Å². The molecule has 3 aliphatic rings. The zero-order valence-electron chi connectivity index (χ0n) is 15.9. The number of carbonyl (C=O) groups excluding carboxylic acids is 2. The molecule has 30 heavy (non-hydrogen) atoms. The summed E-state index contributed by atoms with van der Waals surface area (Å²) in [6.07, 6.45) is 3.00. The van der Waals surface area contributed by atoms with Crippen LogP contribution >= 0.6 is 34.8 Å². The molecule has 0 heterocycles. The van der Waals surface area contributed by atoms with Gasteiger partial charge in [0.1, 0.15) is 18.2 Å². The van der Waals surface area contributed by atoms with Gasteiger partial charge in [-0.15, -0.1) is 0 Å². The van der Waals surface area contributed by atoms with E-state index in [0.717, 1.165) is 19.3 Å². The van der Waals surface area contributed by atoms with Crippen LogP contribution < -0.4 is 10.1 Å². The highest BCUT2D eigenvalue weighted by Gasteiger charge is 2.67. The normalized spacial score (nSPS) is 24.0. The van der Waals surface area contributed by atoms with E-state index < -0.39 is 5.82 Å². The van der Waals surface area contributed by atoms with E-state index in [1.807, 2.05) is 0 Å². The molecule has 0 spiro atoms. The molecule has 0 radical (unpaired) electrons. The van der Waals surface area contributed by atoms with E-state index in [0.29, 0.717) is 22.0 Å². The molecule has 5 rings (SSSR count). The first-order chi connectivity index (χ1) is 14.2. The minimum absolute atomic E-state index is 0.00861.